The average Bonchev–Trinajstić information content (AvgIpc) is 2.70. The number of hydrogen-bond acceptors (Lipinski definition) is 3. The maximum atomic E-state index is 8.90. The van der Waals surface area contributed by atoms with Crippen LogP contribution in [0.3, 0.4) is 0 Å². The highest BCUT2D eigenvalue weighted by Crippen LogP contribution is 2.25. The fourth-order valence-corrected chi connectivity index (χ4v) is 1.51. The van der Waals surface area contributed by atoms with Crippen LogP contribution in [0.15, 0.2) is 28.8 Å². The number of aliphatic hydroxyl groups is 1. The molecule has 0 spiro atoms. The van der Waals surface area contributed by atoms with E-state index in [1.54, 1.807) is 6.07 Å². The zero-order valence-corrected chi connectivity index (χ0v) is 8.82. The van der Waals surface area contributed by atoms with Crippen molar-refractivity contribution in [1.82, 2.24) is 5.16 Å². The van der Waals surface area contributed by atoms with E-state index in [2.05, 4.69) is 17.3 Å². The lowest BCUT2D eigenvalue weighted by molar-refractivity contribution is 0.267. The maximum Gasteiger partial charge on any atom is 0.167 e. The van der Waals surface area contributed by atoms with Gasteiger partial charge in [-0.3, -0.25) is 0 Å². The molecule has 2 aromatic rings. The third-order valence-corrected chi connectivity index (χ3v) is 2.38. The molecule has 0 saturated heterocycles. The first-order valence-electron chi connectivity index (χ1n) is 4.85. The molecule has 0 bridgehead atoms. The summed E-state index contributed by atoms with van der Waals surface area (Å²) in [7, 11) is 0. The van der Waals surface area contributed by atoms with Crippen molar-refractivity contribution in [2.24, 2.45) is 0 Å². The predicted octanol–water partition coefficient (Wildman–Crippen LogP) is 2.45. The minimum absolute atomic E-state index is 0.0889. The van der Waals surface area contributed by atoms with Gasteiger partial charge in [-0.15, -0.1) is 0 Å². The van der Waals surface area contributed by atoms with Crippen LogP contribution in [-0.4, -0.2) is 10.3 Å². The van der Waals surface area contributed by atoms with E-state index in [1.165, 1.54) is 5.56 Å². The molecule has 0 unspecified atom stereocenters. The maximum absolute atomic E-state index is 8.90. The number of benzene rings is 1. The van der Waals surface area contributed by atoms with Gasteiger partial charge in [0.15, 0.2) is 5.76 Å². The summed E-state index contributed by atoms with van der Waals surface area (Å²) in [6.07, 6.45) is 0. The van der Waals surface area contributed by atoms with E-state index in [0.29, 0.717) is 11.5 Å². The molecule has 1 aromatic carbocycles. The normalized spacial score (nSPS) is 10.6. The first-order chi connectivity index (χ1) is 7.20. The Morgan fingerprint density at radius 2 is 2.07 bits per heavy atom. The molecule has 0 aliphatic carbocycles. The smallest absolute Gasteiger partial charge is 0.167 e. The number of aromatic nitrogens is 1. The second-order valence-corrected chi connectivity index (χ2v) is 3.66. The lowest BCUT2D eigenvalue weighted by Crippen LogP contribution is -1.82. The van der Waals surface area contributed by atoms with E-state index >= 15 is 0 Å². The van der Waals surface area contributed by atoms with Crippen molar-refractivity contribution in [3.8, 4) is 11.3 Å². The molecule has 0 saturated carbocycles. The molecule has 0 aliphatic rings. The Hall–Kier alpha value is -1.61. The van der Waals surface area contributed by atoms with Crippen molar-refractivity contribution in [3.05, 3.63) is 41.1 Å². The third-order valence-electron chi connectivity index (χ3n) is 2.38. The van der Waals surface area contributed by atoms with Crippen LogP contribution in [0.25, 0.3) is 11.3 Å². The molecular weight excluding hydrogens is 190 g/mol. The van der Waals surface area contributed by atoms with Gasteiger partial charge in [-0.25, -0.2) is 0 Å². The Labute approximate surface area is 88.3 Å². The molecule has 0 atom stereocenters. The molecule has 3 nitrogen and oxygen atoms in total. The van der Waals surface area contributed by atoms with Crippen LogP contribution in [-0.2, 0) is 6.61 Å². The van der Waals surface area contributed by atoms with Gasteiger partial charge in [0.05, 0.1) is 6.61 Å². The van der Waals surface area contributed by atoms with Gasteiger partial charge in [-0.2, -0.15) is 0 Å². The lowest BCUT2D eigenvalue weighted by Gasteiger charge is -2.02. The van der Waals surface area contributed by atoms with Gasteiger partial charge in [0.25, 0.3) is 0 Å². The Bertz CT molecular complexity index is 474. The largest absolute Gasteiger partial charge is 0.390 e. The lowest BCUT2D eigenvalue weighted by atomic mass is 10.0. The summed E-state index contributed by atoms with van der Waals surface area (Å²) in [6.45, 7) is 3.97. The Morgan fingerprint density at radius 3 is 2.73 bits per heavy atom. The van der Waals surface area contributed by atoms with Gasteiger partial charge in [0, 0.05) is 11.6 Å². The van der Waals surface area contributed by atoms with Crippen molar-refractivity contribution in [2.75, 3.05) is 0 Å². The van der Waals surface area contributed by atoms with Crippen molar-refractivity contribution >= 4 is 0 Å². The van der Waals surface area contributed by atoms with E-state index < -0.39 is 0 Å². The van der Waals surface area contributed by atoms with Gasteiger partial charge < -0.3 is 9.63 Å². The molecule has 1 heterocycles. The highest BCUT2D eigenvalue weighted by atomic mass is 16.5. The molecule has 78 valence electrons. The zero-order valence-electron chi connectivity index (χ0n) is 8.82. The molecule has 3 heteroatoms. The van der Waals surface area contributed by atoms with E-state index in [-0.39, 0.29) is 6.61 Å². The first kappa shape index (κ1) is 9.93. The number of aryl methyl sites for hydroxylation is 2. The highest BCUT2D eigenvalue weighted by molar-refractivity contribution is 5.62. The monoisotopic (exact) mass is 203 g/mol. The number of nitrogens with zero attached hydrogens (tertiary/aromatic N) is 1. The van der Waals surface area contributed by atoms with Crippen LogP contribution in [0, 0.1) is 13.8 Å². The predicted molar refractivity (Wildman–Crippen MR) is 57.3 cm³/mol. The second-order valence-electron chi connectivity index (χ2n) is 3.66. The van der Waals surface area contributed by atoms with Gasteiger partial charge in [-0.05, 0) is 25.5 Å². The number of aliphatic hydroxyl groups excluding tert-OH is 1. The highest BCUT2D eigenvalue weighted by Gasteiger charge is 2.08. The van der Waals surface area contributed by atoms with E-state index in [9.17, 15) is 0 Å². The van der Waals surface area contributed by atoms with Gasteiger partial charge in [-0.1, -0.05) is 22.9 Å². The molecule has 0 fully saturated rings. The van der Waals surface area contributed by atoms with E-state index in [4.69, 9.17) is 9.63 Å². The topological polar surface area (TPSA) is 46.3 Å². The number of rotatable bonds is 2. The number of hydrogen-bond donors (Lipinski definition) is 1. The average molecular weight is 203 g/mol. The van der Waals surface area contributed by atoms with Gasteiger partial charge in [0.2, 0.25) is 0 Å². The second kappa shape index (κ2) is 3.87. The van der Waals surface area contributed by atoms with Crippen molar-refractivity contribution in [1.29, 1.82) is 0 Å². The molecule has 0 amide bonds. The Morgan fingerprint density at radius 1 is 1.27 bits per heavy atom. The fourth-order valence-electron chi connectivity index (χ4n) is 1.51. The van der Waals surface area contributed by atoms with E-state index in [1.807, 2.05) is 19.9 Å². The first-order valence-corrected chi connectivity index (χ1v) is 4.85. The van der Waals surface area contributed by atoms with Crippen LogP contribution in [0.5, 0.6) is 0 Å². The third kappa shape index (κ3) is 1.92. The van der Waals surface area contributed by atoms with Crippen LogP contribution in [0.1, 0.15) is 16.8 Å². The van der Waals surface area contributed by atoms with Crippen molar-refractivity contribution in [3.63, 3.8) is 0 Å². The quantitative estimate of drug-likeness (QED) is 0.815. The fraction of sp³-hybridized carbons (Fsp3) is 0.250. The molecule has 1 aromatic heterocycles. The van der Waals surface area contributed by atoms with Crippen molar-refractivity contribution in [2.45, 2.75) is 20.5 Å². The summed E-state index contributed by atoms with van der Waals surface area (Å²) in [5.41, 5.74) is 3.91. The SMILES string of the molecule is Cc1ccc(C)c(-c2cc(CO)no2)c1. The van der Waals surface area contributed by atoms with Gasteiger partial charge >= 0.3 is 0 Å². The summed E-state index contributed by atoms with van der Waals surface area (Å²) < 4.78 is 5.17. The van der Waals surface area contributed by atoms with Crippen LogP contribution >= 0.6 is 0 Å². The molecule has 0 radical (unpaired) electrons. The van der Waals surface area contributed by atoms with E-state index in [0.717, 1.165) is 11.1 Å². The van der Waals surface area contributed by atoms with Gasteiger partial charge in [0.1, 0.15) is 5.69 Å². The summed E-state index contributed by atoms with van der Waals surface area (Å²) >= 11 is 0. The minimum Gasteiger partial charge on any atom is -0.390 e. The Balaban J connectivity index is 2.48. The zero-order chi connectivity index (χ0) is 10.8. The Kier molecular flexibility index (Phi) is 2.56. The van der Waals surface area contributed by atoms with Crippen LogP contribution < -0.4 is 0 Å². The summed E-state index contributed by atoms with van der Waals surface area (Å²) in [5, 5.41) is 12.7. The molecule has 1 N–H and O–H groups in total. The van der Waals surface area contributed by atoms with Crippen molar-refractivity contribution < 1.29 is 9.63 Å². The summed E-state index contributed by atoms with van der Waals surface area (Å²) in [6, 6.07) is 7.92. The molecule has 0 aliphatic heterocycles. The minimum atomic E-state index is -0.0889. The van der Waals surface area contributed by atoms with Crippen LogP contribution in [0.2, 0.25) is 0 Å². The molecule has 2 rings (SSSR count). The standard InChI is InChI=1S/C12H13NO2/c1-8-3-4-9(2)11(5-8)12-6-10(7-14)13-15-12/h3-6,14H,7H2,1-2H3. The summed E-state index contributed by atoms with van der Waals surface area (Å²) in [5.74, 6) is 0.709. The summed E-state index contributed by atoms with van der Waals surface area (Å²) in [4.78, 5) is 0. The van der Waals surface area contributed by atoms with Crippen LogP contribution in [0.4, 0.5) is 0 Å². The molecular formula is C12H13NO2. The molecule has 15 heavy (non-hydrogen) atoms.